The predicted molar refractivity (Wildman–Crippen MR) is 56.5 cm³/mol. The van der Waals surface area contributed by atoms with E-state index in [0.29, 0.717) is 9.62 Å². The van der Waals surface area contributed by atoms with E-state index >= 15 is 0 Å². The minimum atomic E-state index is -0.0121. The topological polar surface area (TPSA) is 12.9 Å². The fourth-order valence-corrected chi connectivity index (χ4v) is 1.97. The molecule has 0 aliphatic rings. The van der Waals surface area contributed by atoms with Crippen LogP contribution in [0.3, 0.4) is 0 Å². The van der Waals surface area contributed by atoms with E-state index in [0.717, 1.165) is 4.88 Å². The van der Waals surface area contributed by atoms with Crippen LogP contribution >= 0.6 is 46.1 Å². The zero-order valence-electron chi connectivity index (χ0n) is 6.22. The van der Waals surface area contributed by atoms with Crippen LogP contribution in [-0.4, -0.2) is 10.4 Å². The Labute approximate surface area is 90.0 Å². The van der Waals surface area contributed by atoms with Crippen molar-refractivity contribution in [2.75, 3.05) is 0 Å². The zero-order valence-corrected chi connectivity index (χ0v) is 9.31. The van der Waals surface area contributed by atoms with Gasteiger partial charge >= 0.3 is 0 Å². The fraction of sp³-hybridized carbons (Fsp3) is 0.286. The van der Waals surface area contributed by atoms with Gasteiger partial charge in [-0.1, -0.05) is 29.3 Å². The Morgan fingerprint density at radius 3 is 2.58 bits per heavy atom. The van der Waals surface area contributed by atoms with E-state index in [1.807, 2.05) is 19.1 Å². The van der Waals surface area contributed by atoms with Crippen LogP contribution in [0.25, 0.3) is 6.08 Å². The molecule has 1 unspecified atom stereocenters. The first-order valence-electron chi connectivity index (χ1n) is 3.23. The summed E-state index contributed by atoms with van der Waals surface area (Å²) in [6.45, 7) is 1.87. The summed E-state index contributed by atoms with van der Waals surface area (Å²) in [4.78, 5) is 4.69. The summed E-state index contributed by atoms with van der Waals surface area (Å²) in [5, 5.41) is 0.417. The van der Waals surface area contributed by atoms with Gasteiger partial charge in [-0.05, 0) is 13.0 Å². The van der Waals surface area contributed by atoms with Crippen molar-refractivity contribution in [2.24, 2.45) is 0 Å². The molecule has 0 saturated carbocycles. The molecule has 0 fully saturated rings. The van der Waals surface area contributed by atoms with Gasteiger partial charge in [0.15, 0.2) is 4.47 Å². The Hall–Kier alpha value is 0.240. The lowest BCUT2D eigenvalue weighted by molar-refractivity contribution is 1.24. The van der Waals surface area contributed by atoms with Crippen molar-refractivity contribution in [1.29, 1.82) is 0 Å². The molecular weight excluding hydrogens is 237 g/mol. The molecule has 5 heteroatoms. The molecule has 0 amide bonds. The number of thiazole rings is 1. The predicted octanol–water partition coefficient (Wildman–Crippen LogP) is 4.09. The van der Waals surface area contributed by atoms with Crippen molar-refractivity contribution in [3.05, 3.63) is 20.6 Å². The minimum Gasteiger partial charge on any atom is -0.212 e. The molecule has 0 aromatic carbocycles. The second-order valence-corrected chi connectivity index (χ2v) is 4.82. The van der Waals surface area contributed by atoms with Crippen molar-refractivity contribution in [3.8, 4) is 0 Å². The molecule has 0 aliphatic heterocycles. The number of hydrogen-bond acceptors (Lipinski definition) is 2. The molecule has 0 aliphatic carbocycles. The summed E-state index contributed by atoms with van der Waals surface area (Å²) in [5.41, 5.74) is 0. The van der Waals surface area contributed by atoms with Crippen molar-refractivity contribution in [2.45, 2.75) is 12.3 Å². The molecule has 0 spiro atoms. The van der Waals surface area contributed by atoms with Crippen LogP contribution in [0.15, 0.2) is 6.08 Å². The van der Waals surface area contributed by atoms with E-state index in [1.165, 1.54) is 11.3 Å². The number of nitrogens with zero attached hydrogens (tertiary/aromatic N) is 1. The molecule has 1 rings (SSSR count). The first-order chi connectivity index (χ1) is 5.59. The minimum absolute atomic E-state index is 0.0121. The number of rotatable bonds is 2. The highest BCUT2D eigenvalue weighted by atomic mass is 35.5. The van der Waals surface area contributed by atoms with E-state index in [2.05, 4.69) is 4.98 Å². The highest BCUT2D eigenvalue weighted by molar-refractivity contribution is 7.17. The van der Waals surface area contributed by atoms with E-state index < -0.39 is 0 Å². The molecule has 0 saturated heterocycles. The van der Waals surface area contributed by atoms with Gasteiger partial charge in [0.25, 0.3) is 0 Å². The summed E-state index contributed by atoms with van der Waals surface area (Å²) >= 11 is 18.4. The van der Waals surface area contributed by atoms with Gasteiger partial charge in [-0.15, -0.1) is 22.9 Å². The molecule has 1 nitrogen and oxygen atoms in total. The Morgan fingerprint density at radius 2 is 2.17 bits per heavy atom. The Morgan fingerprint density at radius 1 is 1.50 bits per heavy atom. The molecule has 0 radical (unpaired) electrons. The lowest BCUT2D eigenvalue weighted by Gasteiger charge is -1.89. The Bertz CT molecular complexity index is 293. The van der Waals surface area contributed by atoms with Crippen molar-refractivity contribution < 1.29 is 0 Å². The lowest BCUT2D eigenvalue weighted by atomic mass is 10.4. The Balaban J connectivity index is 2.81. The Kier molecular flexibility index (Phi) is 3.84. The smallest absolute Gasteiger partial charge is 0.185 e. The molecule has 1 heterocycles. The largest absolute Gasteiger partial charge is 0.212 e. The monoisotopic (exact) mass is 241 g/mol. The molecule has 66 valence electrons. The second kappa shape index (κ2) is 4.47. The maximum Gasteiger partial charge on any atom is 0.185 e. The van der Waals surface area contributed by atoms with Crippen molar-refractivity contribution in [1.82, 2.24) is 4.98 Å². The van der Waals surface area contributed by atoms with E-state index in [1.54, 1.807) is 0 Å². The van der Waals surface area contributed by atoms with Gasteiger partial charge in [0, 0.05) is 5.38 Å². The summed E-state index contributed by atoms with van der Waals surface area (Å²) in [5.74, 6) is 0. The van der Waals surface area contributed by atoms with Gasteiger partial charge in [0.1, 0.15) is 5.15 Å². The van der Waals surface area contributed by atoms with Crippen LogP contribution < -0.4 is 0 Å². The summed E-state index contributed by atoms with van der Waals surface area (Å²) in [7, 11) is 0. The quantitative estimate of drug-likeness (QED) is 0.712. The molecular formula is C7H6Cl3NS. The van der Waals surface area contributed by atoms with Crippen LogP contribution in [0.4, 0.5) is 0 Å². The maximum atomic E-state index is 5.75. The highest BCUT2D eigenvalue weighted by Gasteiger charge is 2.03. The molecule has 1 aromatic heterocycles. The first kappa shape index (κ1) is 10.3. The lowest BCUT2D eigenvalue weighted by Crippen LogP contribution is -1.79. The van der Waals surface area contributed by atoms with Crippen LogP contribution in [0.5, 0.6) is 0 Å². The molecule has 1 atom stereocenters. The van der Waals surface area contributed by atoms with Gasteiger partial charge in [-0.2, -0.15) is 0 Å². The molecule has 1 aromatic rings. The third-order valence-corrected chi connectivity index (χ3v) is 2.77. The molecule has 0 N–H and O–H groups in total. The fourth-order valence-electron chi connectivity index (χ4n) is 0.611. The number of allylic oxidation sites excluding steroid dienone is 1. The van der Waals surface area contributed by atoms with Crippen LogP contribution in [0.2, 0.25) is 9.62 Å². The number of hydrogen-bond donors (Lipinski definition) is 0. The normalized spacial score (nSPS) is 14.0. The number of halogens is 3. The third kappa shape index (κ3) is 2.94. The van der Waals surface area contributed by atoms with Crippen LogP contribution in [0.1, 0.15) is 11.8 Å². The number of alkyl halides is 1. The molecule has 0 bridgehead atoms. The maximum absolute atomic E-state index is 5.75. The molecule has 12 heavy (non-hydrogen) atoms. The van der Waals surface area contributed by atoms with E-state index in [4.69, 9.17) is 34.8 Å². The average Bonchev–Trinajstić information content (AvgIpc) is 2.26. The van der Waals surface area contributed by atoms with Crippen molar-refractivity contribution in [3.63, 3.8) is 0 Å². The highest BCUT2D eigenvalue weighted by Crippen LogP contribution is 2.27. The SMILES string of the molecule is CC(Cl)/C=C/c1sc(Cl)nc1Cl. The summed E-state index contributed by atoms with van der Waals surface area (Å²) in [6.07, 6.45) is 3.65. The van der Waals surface area contributed by atoms with Crippen LogP contribution in [-0.2, 0) is 0 Å². The van der Waals surface area contributed by atoms with Gasteiger partial charge in [0.05, 0.1) is 4.88 Å². The van der Waals surface area contributed by atoms with Crippen LogP contribution in [0, 0.1) is 0 Å². The third-order valence-electron chi connectivity index (χ3n) is 1.10. The summed E-state index contributed by atoms with van der Waals surface area (Å²) < 4.78 is 0.446. The van der Waals surface area contributed by atoms with Gasteiger partial charge < -0.3 is 0 Å². The van der Waals surface area contributed by atoms with E-state index in [9.17, 15) is 0 Å². The zero-order chi connectivity index (χ0) is 9.14. The van der Waals surface area contributed by atoms with Gasteiger partial charge in [0.2, 0.25) is 0 Å². The first-order valence-corrected chi connectivity index (χ1v) is 5.24. The second-order valence-electron chi connectivity index (χ2n) is 2.16. The van der Waals surface area contributed by atoms with Gasteiger partial charge in [-0.25, -0.2) is 4.98 Å². The van der Waals surface area contributed by atoms with Gasteiger partial charge in [-0.3, -0.25) is 0 Å². The van der Waals surface area contributed by atoms with Crippen molar-refractivity contribution >= 4 is 52.2 Å². The summed E-state index contributed by atoms with van der Waals surface area (Å²) in [6, 6.07) is 0. The van der Waals surface area contributed by atoms with E-state index in [-0.39, 0.29) is 5.38 Å². The average molecular weight is 243 g/mol. The number of aromatic nitrogens is 1. The standard InChI is InChI=1S/C7H6Cl3NS/c1-4(8)2-3-5-6(9)11-7(10)12-5/h2-4H,1H3/b3-2+.